The van der Waals surface area contributed by atoms with Gasteiger partial charge in [-0.25, -0.2) is 9.18 Å². The molecule has 4 amide bonds. The predicted molar refractivity (Wildman–Crippen MR) is 94.8 cm³/mol. The van der Waals surface area contributed by atoms with Crippen molar-refractivity contribution in [2.75, 3.05) is 6.54 Å². The molecule has 2 aromatic rings. The summed E-state index contributed by atoms with van der Waals surface area (Å²) in [7, 11) is 0. The number of urea groups is 1. The lowest BCUT2D eigenvalue weighted by Crippen LogP contribution is -2.36. The van der Waals surface area contributed by atoms with Crippen molar-refractivity contribution < 1.29 is 18.8 Å². The van der Waals surface area contributed by atoms with E-state index in [9.17, 15) is 18.8 Å². The molecule has 2 heterocycles. The van der Waals surface area contributed by atoms with Gasteiger partial charge >= 0.3 is 6.03 Å². The Hall–Kier alpha value is -3.29. The molecule has 1 fully saturated rings. The monoisotopic (exact) mass is 370 g/mol. The van der Waals surface area contributed by atoms with Crippen molar-refractivity contribution in [1.82, 2.24) is 20.5 Å². The molecule has 27 heavy (non-hydrogen) atoms. The quantitative estimate of drug-likeness (QED) is 0.721. The fourth-order valence-corrected chi connectivity index (χ4v) is 2.82. The molecule has 1 saturated heterocycles. The highest BCUT2D eigenvalue weighted by atomic mass is 19.1. The molecule has 1 unspecified atom stereocenters. The van der Waals surface area contributed by atoms with Crippen molar-refractivity contribution in [2.24, 2.45) is 0 Å². The normalized spacial score (nSPS) is 16.3. The molecular formula is C19H19FN4O3. The topological polar surface area (TPSA) is 91.4 Å². The van der Waals surface area contributed by atoms with Crippen LogP contribution in [0.1, 0.15) is 17.5 Å². The Labute approximate surface area is 155 Å². The van der Waals surface area contributed by atoms with Crippen molar-refractivity contribution in [3.05, 3.63) is 65.7 Å². The molecule has 140 valence electrons. The maximum atomic E-state index is 13.2. The van der Waals surface area contributed by atoms with E-state index in [1.54, 1.807) is 36.7 Å². The Morgan fingerprint density at radius 2 is 1.96 bits per heavy atom. The van der Waals surface area contributed by atoms with Crippen molar-refractivity contribution in [1.29, 1.82) is 0 Å². The Morgan fingerprint density at radius 3 is 2.70 bits per heavy atom. The van der Waals surface area contributed by atoms with Gasteiger partial charge in [-0.2, -0.15) is 0 Å². The smallest absolute Gasteiger partial charge is 0.324 e. The maximum Gasteiger partial charge on any atom is 0.324 e. The first-order valence-electron chi connectivity index (χ1n) is 8.55. The number of amides is 4. The number of nitrogens with one attached hydrogen (secondary N) is 2. The van der Waals surface area contributed by atoms with E-state index in [1.165, 1.54) is 12.1 Å². The average Bonchev–Trinajstić information content (AvgIpc) is 2.92. The predicted octanol–water partition coefficient (Wildman–Crippen LogP) is 1.39. The first-order valence-corrected chi connectivity index (χ1v) is 8.55. The van der Waals surface area contributed by atoms with Gasteiger partial charge in [-0.15, -0.1) is 0 Å². The second-order valence-corrected chi connectivity index (χ2v) is 6.21. The van der Waals surface area contributed by atoms with Gasteiger partial charge in [-0.1, -0.05) is 12.1 Å². The Kier molecular flexibility index (Phi) is 5.75. The van der Waals surface area contributed by atoms with Gasteiger partial charge in [0.15, 0.2) is 0 Å². The molecule has 8 heteroatoms. The molecule has 0 aliphatic carbocycles. The summed E-state index contributed by atoms with van der Waals surface area (Å²) < 4.78 is 13.2. The van der Waals surface area contributed by atoms with Crippen LogP contribution in [0.15, 0.2) is 48.8 Å². The van der Waals surface area contributed by atoms with Crippen LogP contribution in [0, 0.1) is 5.82 Å². The van der Waals surface area contributed by atoms with Gasteiger partial charge in [0, 0.05) is 25.5 Å². The van der Waals surface area contributed by atoms with E-state index in [0.717, 1.165) is 10.5 Å². The largest absolute Gasteiger partial charge is 0.352 e. The summed E-state index contributed by atoms with van der Waals surface area (Å²) in [4.78, 5) is 41.4. The fourth-order valence-electron chi connectivity index (χ4n) is 2.82. The van der Waals surface area contributed by atoms with Crippen LogP contribution in [-0.2, 0) is 22.6 Å². The number of benzene rings is 1. The van der Waals surface area contributed by atoms with Gasteiger partial charge in [-0.3, -0.25) is 19.5 Å². The third-order valence-corrected chi connectivity index (χ3v) is 4.25. The van der Waals surface area contributed by atoms with Crippen LogP contribution in [0.2, 0.25) is 0 Å². The van der Waals surface area contributed by atoms with Crippen molar-refractivity contribution >= 4 is 17.8 Å². The van der Waals surface area contributed by atoms with Crippen molar-refractivity contribution in [3.63, 3.8) is 0 Å². The minimum atomic E-state index is -0.887. The minimum Gasteiger partial charge on any atom is -0.352 e. The summed E-state index contributed by atoms with van der Waals surface area (Å²) in [5.41, 5.74) is 1.57. The summed E-state index contributed by atoms with van der Waals surface area (Å²) in [6.45, 7) is 0.447. The first-order chi connectivity index (χ1) is 13.0. The zero-order valence-electron chi connectivity index (χ0n) is 14.5. The molecule has 3 rings (SSSR count). The summed E-state index contributed by atoms with van der Waals surface area (Å²) in [6, 6.07) is 8.12. The summed E-state index contributed by atoms with van der Waals surface area (Å²) in [6.07, 6.45) is 3.46. The Morgan fingerprint density at radius 1 is 1.19 bits per heavy atom. The van der Waals surface area contributed by atoms with Crippen LogP contribution in [0.4, 0.5) is 9.18 Å². The molecule has 1 aliphatic heterocycles. The summed E-state index contributed by atoms with van der Waals surface area (Å²) >= 11 is 0. The highest BCUT2D eigenvalue weighted by Gasteiger charge is 2.38. The third kappa shape index (κ3) is 4.87. The lowest BCUT2D eigenvalue weighted by atomic mass is 10.1. The molecule has 1 aromatic carbocycles. The molecule has 0 saturated carbocycles. The second kappa shape index (κ2) is 8.39. The third-order valence-electron chi connectivity index (χ3n) is 4.25. The van der Waals surface area contributed by atoms with E-state index >= 15 is 0 Å². The maximum absolute atomic E-state index is 13.2. The van der Waals surface area contributed by atoms with Gasteiger partial charge in [0.2, 0.25) is 5.91 Å². The summed E-state index contributed by atoms with van der Waals surface area (Å²) in [5, 5.41) is 5.23. The molecule has 1 aliphatic rings. The van der Waals surface area contributed by atoms with Crippen LogP contribution < -0.4 is 10.6 Å². The number of carbonyl (C=O) groups is 3. The molecule has 0 spiro atoms. The molecule has 2 N–H and O–H groups in total. The average molecular weight is 370 g/mol. The number of aromatic nitrogens is 1. The number of hydrogen-bond acceptors (Lipinski definition) is 4. The number of carbonyl (C=O) groups excluding carboxylic acids is 3. The zero-order valence-corrected chi connectivity index (χ0v) is 14.5. The molecule has 0 bridgehead atoms. The van der Waals surface area contributed by atoms with E-state index in [-0.39, 0.29) is 24.7 Å². The number of halogens is 1. The van der Waals surface area contributed by atoms with Crippen LogP contribution >= 0.6 is 0 Å². The van der Waals surface area contributed by atoms with Crippen LogP contribution in [0.25, 0.3) is 0 Å². The number of rotatable bonds is 7. The van der Waals surface area contributed by atoms with E-state index < -0.39 is 18.0 Å². The summed E-state index contributed by atoms with van der Waals surface area (Å²) in [5.74, 6) is -1.15. The molecular weight excluding hydrogens is 351 g/mol. The van der Waals surface area contributed by atoms with Crippen molar-refractivity contribution in [2.45, 2.75) is 25.4 Å². The van der Waals surface area contributed by atoms with Crippen molar-refractivity contribution in [3.8, 4) is 0 Å². The zero-order chi connectivity index (χ0) is 19.2. The van der Waals surface area contributed by atoms with E-state index in [0.29, 0.717) is 18.5 Å². The number of hydrogen-bond donors (Lipinski definition) is 2. The van der Waals surface area contributed by atoms with E-state index in [4.69, 9.17) is 0 Å². The number of pyridine rings is 1. The van der Waals surface area contributed by atoms with Crippen LogP contribution in [0.3, 0.4) is 0 Å². The second-order valence-electron chi connectivity index (χ2n) is 6.21. The van der Waals surface area contributed by atoms with Gasteiger partial charge in [0.25, 0.3) is 5.91 Å². The van der Waals surface area contributed by atoms with Gasteiger partial charge in [0.1, 0.15) is 11.9 Å². The highest BCUT2D eigenvalue weighted by molar-refractivity contribution is 6.05. The minimum absolute atomic E-state index is 0.128. The SMILES string of the molecule is O=C(CC1NC(=O)N(CCc2cccc(F)c2)C1=O)NCc1ccncc1. The van der Waals surface area contributed by atoms with Crippen LogP contribution in [-0.4, -0.2) is 40.3 Å². The standard InChI is InChI=1S/C19H19FN4O3/c20-15-3-1-2-13(10-15)6-9-24-18(26)16(23-19(24)27)11-17(25)22-12-14-4-7-21-8-5-14/h1-5,7-8,10,16H,6,9,11-12H2,(H,22,25)(H,23,27). The van der Waals surface area contributed by atoms with Gasteiger partial charge in [0.05, 0.1) is 6.42 Å². The Balaban J connectivity index is 1.50. The molecule has 1 atom stereocenters. The number of imide groups is 1. The van der Waals surface area contributed by atoms with Gasteiger partial charge in [-0.05, 0) is 41.8 Å². The lowest BCUT2D eigenvalue weighted by Gasteiger charge is -2.13. The van der Waals surface area contributed by atoms with Gasteiger partial charge < -0.3 is 10.6 Å². The highest BCUT2D eigenvalue weighted by Crippen LogP contribution is 2.12. The first kappa shape index (κ1) is 18.5. The molecule has 1 aromatic heterocycles. The molecule has 7 nitrogen and oxygen atoms in total. The fraction of sp³-hybridized carbons (Fsp3) is 0.263. The Bertz CT molecular complexity index is 844. The van der Waals surface area contributed by atoms with E-state index in [2.05, 4.69) is 15.6 Å². The van der Waals surface area contributed by atoms with Crippen LogP contribution in [0.5, 0.6) is 0 Å². The van der Waals surface area contributed by atoms with E-state index in [1.807, 2.05) is 0 Å². The molecule has 0 radical (unpaired) electrons. The number of nitrogens with zero attached hydrogens (tertiary/aromatic N) is 2. The lowest BCUT2D eigenvalue weighted by molar-refractivity contribution is -0.130.